The Hall–Kier alpha value is -1.61. The predicted octanol–water partition coefficient (Wildman–Crippen LogP) is -0.207. The van der Waals surface area contributed by atoms with Gasteiger partial charge in [0.15, 0.2) is 0 Å². The second kappa shape index (κ2) is 5.09. The van der Waals surface area contributed by atoms with Gasteiger partial charge in [0.2, 0.25) is 0 Å². The van der Waals surface area contributed by atoms with Crippen LogP contribution in [-0.4, -0.2) is 48.8 Å². The molecule has 0 radical (unpaired) electrons. The first kappa shape index (κ1) is 10.4. The van der Waals surface area contributed by atoms with Gasteiger partial charge in [0.05, 0.1) is 19.6 Å². The Balaban J connectivity index is 0.00000121. The molecule has 0 aromatic carbocycles. The summed E-state index contributed by atoms with van der Waals surface area (Å²) in [4.78, 5) is 12.3. The molecule has 1 aliphatic rings. The van der Waals surface area contributed by atoms with Gasteiger partial charge in [0, 0.05) is 19.6 Å². The van der Waals surface area contributed by atoms with Crippen LogP contribution in [0.3, 0.4) is 0 Å². The van der Waals surface area contributed by atoms with Gasteiger partial charge in [-0.25, -0.2) is 0 Å². The number of hydrogen-bond donors (Lipinski definition) is 1. The molecule has 5 heteroatoms. The van der Waals surface area contributed by atoms with Gasteiger partial charge in [0.1, 0.15) is 0 Å². The van der Waals surface area contributed by atoms with E-state index in [1.807, 2.05) is 0 Å². The van der Waals surface area contributed by atoms with Crippen molar-refractivity contribution >= 4 is 5.97 Å². The molecule has 12 heavy (non-hydrogen) atoms. The Morgan fingerprint density at radius 3 is 2.50 bits per heavy atom. The van der Waals surface area contributed by atoms with Gasteiger partial charge in [-0.3, -0.25) is 9.69 Å². The zero-order chi connectivity index (χ0) is 8.10. The van der Waals surface area contributed by atoms with Gasteiger partial charge >= 0.3 is 5.97 Å². The van der Waals surface area contributed by atoms with Crippen LogP contribution < -0.4 is 0 Å². The molecule has 4 nitrogen and oxygen atoms in total. The summed E-state index contributed by atoms with van der Waals surface area (Å²) in [6, 6.07) is 0. The van der Waals surface area contributed by atoms with Crippen molar-refractivity contribution < 1.29 is 14.6 Å². The number of nitrogens with zero attached hydrogens (tertiary/aromatic N) is 1. The maximum atomic E-state index is 10.2. The maximum absolute atomic E-state index is 10.2. The number of carbonyl (C=O) groups is 1. The van der Waals surface area contributed by atoms with E-state index in [0.717, 1.165) is 26.3 Å². The first-order valence-corrected chi connectivity index (χ1v) is 3.81. The zero-order valence-electron chi connectivity index (χ0n) is 7.16. The Morgan fingerprint density at radius 2 is 2.00 bits per heavy atom. The summed E-state index contributed by atoms with van der Waals surface area (Å²) >= 11 is 0. The molecule has 1 fully saturated rings. The van der Waals surface area contributed by atoms with Crippen LogP contribution in [0.5, 0.6) is 0 Å². The minimum absolute atomic E-state index is 0. The maximum Gasteiger partial charge on any atom is 0.304 e. The molecule has 1 heterocycles. The standard InChI is InChI=1S/C7H13NO3.Rf/c9-7(10)1-2-8-3-5-11-6-4-8;/h1-6H2,(H,9,10);. The largest absolute Gasteiger partial charge is 0.481 e. The topological polar surface area (TPSA) is 49.8 Å². The Morgan fingerprint density at radius 1 is 1.42 bits per heavy atom. The number of carboxylic acids is 1. The fraction of sp³-hybridized carbons (Fsp3) is 0.857. The van der Waals surface area contributed by atoms with E-state index < -0.39 is 5.97 Å². The second-order valence-electron chi connectivity index (χ2n) is 2.60. The van der Waals surface area contributed by atoms with Crippen LogP contribution in [0.25, 0.3) is 0 Å². The van der Waals surface area contributed by atoms with E-state index in [9.17, 15) is 4.79 Å². The van der Waals surface area contributed by atoms with Gasteiger partial charge in [-0.15, -0.1) is 0 Å². The smallest absolute Gasteiger partial charge is 0.304 e. The van der Waals surface area contributed by atoms with Crippen LogP contribution in [0.4, 0.5) is 0 Å². The van der Waals surface area contributed by atoms with Crippen LogP contribution in [0, 0.1) is 0 Å². The molecule has 0 amide bonds. The summed E-state index contributed by atoms with van der Waals surface area (Å²) < 4.78 is 5.12. The summed E-state index contributed by atoms with van der Waals surface area (Å²) in [6.07, 6.45) is 0.236. The molecule has 0 aliphatic carbocycles. The second-order valence-corrected chi connectivity index (χ2v) is 2.60. The summed E-state index contributed by atoms with van der Waals surface area (Å²) in [5.74, 6) is -0.725. The molecular weight excluding hydrogens is 413 g/mol. The number of ether oxygens (including phenoxy) is 1. The van der Waals surface area contributed by atoms with E-state index in [1.54, 1.807) is 0 Å². The molecule has 0 aromatic rings. The summed E-state index contributed by atoms with van der Waals surface area (Å²) in [6.45, 7) is 3.86. The molecule has 66 valence electrons. The van der Waals surface area contributed by atoms with Gasteiger partial charge in [-0.05, 0) is 0 Å². The molecule has 0 aromatic heterocycles. The summed E-state index contributed by atoms with van der Waals surface area (Å²) in [7, 11) is 0. The molecule has 0 spiro atoms. The molecule has 1 saturated heterocycles. The van der Waals surface area contributed by atoms with Crippen molar-refractivity contribution in [2.45, 2.75) is 6.42 Å². The van der Waals surface area contributed by atoms with E-state index in [0.29, 0.717) is 6.54 Å². The minimum atomic E-state index is -0.725. The first-order valence-electron chi connectivity index (χ1n) is 3.81. The summed E-state index contributed by atoms with van der Waals surface area (Å²) in [5, 5.41) is 8.39. The molecule has 0 saturated carbocycles. The fourth-order valence-corrected chi connectivity index (χ4v) is 1.08. The molecule has 0 unspecified atom stereocenters. The van der Waals surface area contributed by atoms with E-state index >= 15 is 0 Å². The first-order chi connectivity index (χ1) is 5.29. The van der Waals surface area contributed by atoms with Crippen LogP contribution in [0.1, 0.15) is 6.42 Å². The number of carboxylic acid groups (broad SMARTS) is 1. The van der Waals surface area contributed by atoms with Gasteiger partial charge in [-0.1, -0.05) is 0 Å². The fourth-order valence-electron chi connectivity index (χ4n) is 1.08. The SMILES string of the molecule is O=C(O)CCN1CCOCC1.[Rf]. The van der Waals surface area contributed by atoms with Gasteiger partial charge in [0.25, 0.3) is 0 Å². The Kier molecular flexibility index (Phi) is 4.41. The average molecular weight is 426 g/mol. The van der Waals surface area contributed by atoms with E-state index in [2.05, 4.69) is 4.90 Å². The molecule has 0 atom stereocenters. The van der Waals surface area contributed by atoms with E-state index in [4.69, 9.17) is 9.84 Å². The number of hydrogen-bond acceptors (Lipinski definition) is 3. The number of morpholine rings is 1. The van der Waals surface area contributed by atoms with Crippen molar-refractivity contribution in [2.75, 3.05) is 32.8 Å². The quantitative estimate of drug-likeness (QED) is 0.679. The predicted molar refractivity (Wildman–Crippen MR) is 39.5 cm³/mol. The average Bonchev–Trinajstić information content (AvgIpc) is 2.03. The molecule has 0 bridgehead atoms. The van der Waals surface area contributed by atoms with Crippen LogP contribution in [0.2, 0.25) is 0 Å². The van der Waals surface area contributed by atoms with Crippen LogP contribution >= 0.6 is 0 Å². The van der Waals surface area contributed by atoms with Gasteiger partial charge < -0.3 is 9.84 Å². The molecule has 1 N–H and O–H groups in total. The number of rotatable bonds is 3. The van der Waals surface area contributed by atoms with Crippen LogP contribution in [-0.2, 0) is 9.53 Å². The summed E-state index contributed by atoms with van der Waals surface area (Å²) in [5.41, 5.74) is 0. The van der Waals surface area contributed by atoms with Crippen molar-refractivity contribution in [3.63, 3.8) is 0 Å². The molecule has 1 aliphatic heterocycles. The van der Waals surface area contributed by atoms with Crippen molar-refractivity contribution in [1.29, 1.82) is 0 Å². The van der Waals surface area contributed by atoms with Crippen molar-refractivity contribution in [2.24, 2.45) is 0 Å². The van der Waals surface area contributed by atoms with Gasteiger partial charge in [-0.2, -0.15) is 0 Å². The normalized spacial score (nSPS) is 18.3. The van der Waals surface area contributed by atoms with E-state index in [1.165, 1.54) is 0 Å². The minimum Gasteiger partial charge on any atom is -0.481 e. The van der Waals surface area contributed by atoms with E-state index in [-0.39, 0.29) is 6.42 Å². The molecule has 1 rings (SSSR count). The Bertz CT molecular complexity index is 137. The molecular formula is C7H13NO3Rf. The Labute approximate surface area is 65.8 Å². The van der Waals surface area contributed by atoms with Crippen LogP contribution in [0.15, 0.2) is 0 Å². The third kappa shape index (κ3) is 3.53. The van der Waals surface area contributed by atoms with Crippen molar-refractivity contribution in [3.8, 4) is 0 Å². The van der Waals surface area contributed by atoms with Crippen molar-refractivity contribution in [1.82, 2.24) is 4.90 Å². The number of aliphatic carboxylic acids is 1. The van der Waals surface area contributed by atoms with Crippen molar-refractivity contribution in [3.05, 3.63) is 0 Å². The third-order valence-corrected chi connectivity index (χ3v) is 1.75. The third-order valence-electron chi connectivity index (χ3n) is 1.75. The monoisotopic (exact) mass is 426 g/mol. The zero-order valence-corrected chi connectivity index (χ0v) is 13.6.